The van der Waals surface area contributed by atoms with Crippen LogP contribution in [0.4, 0.5) is 0 Å². The summed E-state index contributed by atoms with van der Waals surface area (Å²) in [4.78, 5) is 0. The molecule has 0 aromatic heterocycles. The Balaban J connectivity index is 1.81. The molecule has 4 rings (SSSR count). The van der Waals surface area contributed by atoms with E-state index >= 15 is 0 Å². The molecule has 0 aromatic carbocycles. The molecule has 20 heavy (non-hydrogen) atoms. The summed E-state index contributed by atoms with van der Waals surface area (Å²) in [6.45, 7) is 12.8. The Morgan fingerprint density at radius 1 is 0.900 bits per heavy atom. The second-order valence-electron chi connectivity index (χ2n) is 9.64. The average Bonchev–Trinajstić information content (AvgIpc) is 3.00. The predicted molar refractivity (Wildman–Crippen MR) is 85.4 cm³/mol. The molecule has 6 atom stereocenters. The van der Waals surface area contributed by atoms with Crippen molar-refractivity contribution in [3.05, 3.63) is 11.6 Å². The molecule has 4 aliphatic carbocycles. The first-order valence-corrected chi connectivity index (χ1v) is 9.04. The van der Waals surface area contributed by atoms with Crippen LogP contribution < -0.4 is 0 Å². The summed E-state index contributed by atoms with van der Waals surface area (Å²) in [6.07, 6.45) is 11.6. The monoisotopic (exact) mass is 272 g/mol. The van der Waals surface area contributed by atoms with E-state index in [4.69, 9.17) is 0 Å². The molecule has 0 N–H and O–H groups in total. The molecule has 0 bridgehead atoms. The third kappa shape index (κ3) is 1.35. The Labute approximate surface area is 125 Å². The van der Waals surface area contributed by atoms with Gasteiger partial charge in [-0.05, 0) is 78.4 Å². The second-order valence-corrected chi connectivity index (χ2v) is 9.64. The van der Waals surface area contributed by atoms with Gasteiger partial charge < -0.3 is 0 Å². The molecular weight excluding hydrogens is 240 g/mol. The molecule has 0 radical (unpaired) electrons. The molecule has 3 saturated carbocycles. The molecule has 0 nitrogen and oxygen atoms in total. The fourth-order valence-corrected chi connectivity index (χ4v) is 7.51. The molecular formula is C20H32. The zero-order valence-corrected chi connectivity index (χ0v) is 14.1. The van der Waals surface area contributed by atoms with E-state index in [1.807, 2.05) is 5.57 Å². The van der Waals surface area contributed by atoms with E-state index in [-0.39, 0.29) is 0 Å². The molecule has 4 aliphatic rings. The third-order valence-electron chi connectivity index (χ3n) is 8.35. The normalized spacial score (nSPS) is 56.1. The summed E-state index contributed by atoms with van der Waals surface area (Å²) in [5.41, 5.74) is 3.64. The largest absolute Gasteiger partial charge is 0.0782 e. The van der Waals surface area contributed by atoms with E-state index < -0.39 is 0 Å². The quantitative estimate of drug-likeness (QED) is 0.487. The van der Waals surface area contributed by atoms with Crippen molar-refractivity contribution in [2.75, 3.05) is 0 Å². The Morgan fingerprint density at radius 3 is 2.20 bits per heavy atom. The molecule has 0 heterocycles. The van der Waals surface area contributed by atoms with Gasteiger partial charge >= 0.3 is 0 Å². The highest BCUT2D eigenvalue weighted by Crippen LogP contribution is 2.73. The fraction of sp³-hybridized carbons (Fsp3) is 0.900. The molecule has 0 aromatic rings. The Hall–Kier alpha value is -0.260. The van der Waals surface area contributed by atoms with Crippen LogP contribution in [-0.2, 0) is 0 Å². The Kier molecular flexibility index (Phi) is 2.50. The number of allylic oxidation sites excluding steroid dienone is 2. The van der Waals surface area contributed by atoms with Crippen molar-refractivity contribution in [3.8, 4) is 0 Å². The van der Waals surface area contributed by atoms with Gasteiger partial charge in [-0.2, -0.15) is 0 Å². The van der Waals surface area contributed by atoms with Crippen molar-refractivity contribution in [3.63, 3.8) is 0 Å². The van der Waals surface area contributed by atoms with E-state index in [2.05, 4.69) is 40.7 Å². The molecule has 1 unspecified atom stereocenters. The van der Waals surface area contributed by atoms with Gasteiger partial charge in [0.1, 0.15) is 0 Å². The first-order chi connectivity index (χ1) is 9.31. The van der Waals surface area contributed by atoms with Crippen molar-refractivity contribution in [1.82, 2.24) is 0 Å². The van der Waals surface area contributed by atoms with Gasteiger partial charge in [0.05, 0.1) is 0 Å². The van der Waals surface area contributed by atoms with Crippen molar-refractivity contribution >= 4 is 0 Å². The van der Waals surface area contributed by atoms with Gasteiger partial charge in [-0.15, -0.1) is 0 Å². The van der Waals surface area contributed by atoms with E-state index in [9.17, 15) is 0 Å². The maximum atomic E-state index is 2.82. The predicted octanol–water partition coefficient (Wildman–Crippen LogP) is 5.83. The minimum atomic E-state index is 0.527. The minimum Gasteiger partial charge on any atom is -0.0782 e. The zero-order valence-electron chi connectivity index (χ0n) is 14.1. The lowest BCUT2D eigenvalue weighted by Gasteiger charge is -2.37. The van der Waals surface area contributed by atoms with Crippen LogP contribution >= 0.6 is 0 Å². The summed E-state index contributed by atoms with van der Waals surface area (Å²) in [5.74, 6) is 3.73. The van der Waals surface area contributed by atoms with Crippen LogP contribution in [-0.4, -0.2) is 0 Å². The van der Waals surface area contributed by atoms with Gasteiger partial charge in [-0.1, -0.05) is 46.3 Å². The second kappa shape index (κ2) is 3.73. The van der Waals surface area contributed by atoms with Crippen LogP contribution in [0.3, 0.4) is 0 Å². The highest BCUT2D eigenvalue weighted by atomic mass is 14.7. The molecule has 0 heteroatoms. The summed E-state index contributed by atoms with van der Waals surface area (Å²) in [5, 5.41) is 0. The van der Waals surface area contributed by atoms with Crippen LogP contribution in [0.25, 0.3) is 0 Å². The van der Waals surface area contributed by atoms with E-state index in [1.165, 1.54) is 38.5 Å². The topological polar surface area (TPSA) is 0 Å². The number of fused-ring (bicyclic) bond motifs is 4. The molecule has 1 spiro atoms. The fourth-order valence-electron chi connectivity index (χ4n) is 7.51. The van der Waals surface area contributed by atoms with Crippen molar-refractivity contribution in [2.24, 2.45) is 39.9 Å². The molecule has 112 valence electrons. The molecule has 0 aliphatic heterocycles. The smallest absolute Gasteiger partial charge is 0.00336 e. The van der Waals surface area contributed by atoms with Crippen LogP contribution in [0.2, 0.25) is 0 Å². The molecule has 3 fully saturated rings. The highest BCUT2D eigenvalue weighted by molar-refractivity contribution is 5.37. The van der Waals surface area contributed by atoms with E-state index in [0.717, 1.165) is 23.7 Å². The van der Waals surface area contributed by atoms with Crippen molar-refractivity contribution in [2.45, 2.75) is 73.1 Å². The Bertz CT molecular complexity index is 458. The summed E-state index contributed by atoms with van der Waals surface area (Å²) in [6, 6.07) is 0. The summed E-state index contributed by atoms with van der Waals surface area (Å²) < 4.78 is 0. The standard InChI is InChI=1S/C20H32/c1-13-6-7-14(2)20(13)9-8-15-16(20)12-19(5)11-10-18(3,4)17(15)19/h12-15,17H,6-11H2,1-5H3/t13-,14+,15-,17-,19-,20?/m1/s1. The van der Waals surface area contributed by atoms with Gasteiger partial charge in [0.2, 0.25) is 0 Å². The van der Waals surface area contributed by atoms with Gasteiger partial charge in [0.25, 0.3) is 0 Å². The first kappa shape index (κ1) is 13.4. The summed E-state index contributed by atoms with van der Waals surface area (Å²) in [7, 11) is 0. The van der Waals surface area contributed by atoms with E-state index in [0.29, 0.717) is 16.2 Å². The molecule has 0 amide bonds. The summed E-state index contributed by atoms with van der Waals surface area (Å²) >= 11 is 0. The molecule has 0 saturated heterocycles. The maximum absolute atomic E-state index is 2.82. The van der Waals surface area contributed by atoms with Gasteiger partial charge in [0, 0.05) is 0 Å². The van der Waals surface area contributed by atoms with Gasteiger partial charge in [0.15, 0.2) is 0 Å². The lowest BCUT2D eigenvalue weighted by Crippen LogP contribution is -2.31. The number of hydrogen-bond acceptors (Lipinski definition) is 0. The highest BCUT2D eigenvalue weighted by Gasteiger charge is 2.64. The minimum absolute atomic E-state index is 0.527. The van der Waals surface area contributed by atoms with Crippen LogP contribution in [0.1, 0.15) is 73.1 Å². The number of hydrogen-bond donors (Lipinski definition) is 0. The van der Waals surface area contributed by atoms with Crippen molar-refractivity contribution < 1.29 is 0 Å². The third-order valence-corrected chi connectivity index (χ3v) is 8.35. The van der Waals surface area contributed by atoms with E-state index in [1.54, 1.807) is 0 Å². The Morgan fingerprint density at radius 2 is 1.55 bits per heavy atom. The average molecular weight is 272 g/mol. The van der Waals surface area contributed by atoms with Gasteiger partial charge in [-0.3, -0.25) is 0 Å². The van der Waals surface area contributed by atoms with Crippen LogP contribution in [0.15, 0.2) is 11.6 Å². The zero-order chi connectivity index (χ0) is 14.3. The lowest BCUT2D eigenvalue weighted by molar-refractivity contribution is 0.145. The lowest BCUT2D eigenvalue weighted by atomic mass is 9.67. The number of rotatable bonds is 0. The SMILES string of the molecule is C[C@@H]1CC[C@H](C)C12CC[C@@H]1C2=C[C@@]2(C)CCC(C)(C)[C@@H]12. The first-order valence-electron chi connectivity index (χ1n) is 9.04. The van der Waals surface area contributed by atoms with Crippen molar-refractivity contribution in [1.29, 1.82) is 0 Å². The maximum Gasteiger partial charge on any atom is -0.00336 e. The van der Waals surface area contributed by atoms with Crippen LogP contribution in [0, 0.1) is 39.9 Å². The van der Waals surface area contributed by atoms with Crippen LogP contribution in [0.5, 0.6) is 0 Å². The van der Waals surface area contributed by atoms with Gasteiger partial charge in [-0.25, -0.2) is 0 Å².